The van der Waals surface area contributed by atoms with Gasteiger partial charge in [0.1, 0.15) is 0 Å². The molecule has 0 aliphatic carbocycles. The fraction of sp³-hybridized carbons (Fsp3) is 0.556. The summed E-state index contributed by atoms with van der Waals surface area (Å²) in [6.45, 7) is 6.21. The maximum atomic E-state index is 5.65. The SMILES string of the molecule is CCC(=CC=C(C)Cl)CC. The molecule has 0 radical (unpaired) electrons. The van der Waals surface area contributed by atoms with E-state index >= 15 is 0 Å². The first-order valence-corrected chi connectivity index (χ1v) is 4.10. The van der Waals surface area contributed by atoms with Crippen LogP contribution in [0.1, 0.15) is 33.6 Å². The van der Waals surface area contributed by atoms with Gasteiger partial charge in [0.25, 0.3) is 0 Å². The first kappa shape index (κ1) is 9.77. The molecule has 0 saturated carbocycles. The Morgan fingerprint density at radius 3 is 2.00 bits per heavy atom. The maximum absolute atomic E-state index is 5.65. The highest BCUT2D eigenvalue weighted by Gasteiger charge is 1.85. The molecule has 0 fully saturated rings. The molecule has 0 aliphatic heterocycles. The molecule has 1 heteroatoms. The van der Waals surface area contributed by atoms with Crippen LogP contribution in [0.5, 0.6) is 0 Å². The van der Waals surface area contributed by atoms with Crippen molar-refractivity contribution >= 4 is 11.6 Å². The Balaban J connectivity index is 3.99. The van der Waals surface area contributed by atoms with Gasteiger partial charge < -0.3 is 0 Å². The van der Waals surface area contributed by atoms with Gasteiger partial charge in [-0.2, -0.15) is 0 Å². The van der Waals surface area contributed by atoms with E-state index in [0.717, 1.165) is 17.9 Å². The molecule has 0 aromatic rings. The fourth-order valence-electron chi connectivity index (χ4n) is 0.718. The summed E-state index contributed by atoms with van der Waals surface area (Å²) in [5.41, 5.74) is 1.44. The zero-order chi connectivity index (χ0) is 7.98. The van der Waals surface area contributed by atoms with Crippen LogP contribution in [-0.2, 0) is 0 Å². The van der Waals surface area contributed by atoms with E-state index in [9.17, 15) is 0 Å². The van der Waals surface area contributed by atoms with Crippen molar-refractivity contribution in [3.05, 3.63) is 22.8 Å². The highest BCUT2D eigenvalue weighted by Crippen LogP contribution is 2.07. The molecule has 0 aliphatic rings. The van der Waals surface area contributed by atoms with E-state index in [0.29, 0.717) is 0 Å². The van der Waals surface area contributed by atoms with Gasteiger partial charge in [-0.1, -0.05) is 37.1 Å². The quantitative estimate of drug-likeness (QED) is 0.547. The zero-order valence-electron chi connectivity index (χ0n) is 6.95. The molecule has 10 heavy (non-hydrogen) atoms. The molecular formula is C9H15Cl. The summed E-state index contributed by atoms with van der Waals surface area (Å²) in [6, 6.07) is 0. The van der Waals surface area contributed by atoms with E-state index in [1.165, 1.54) is 5.57 Å². The van der Waals surface area contributed by atoms with Crippen LogP contribution in [-0.4, -0.2) is 0 Å². The van der Waals surface area contributed by atoms with Crippen LogP contribution in [0.2, 0.25) is 0 Å². The van der Waals surface area contributed by atoms with Gasteiger partial charge in [0.05, 0.1) is 0 Å². The van der Waals surface area contributed by atoms with E-state index in [1.54, 1.807) is 0 Å². The second kappa shape index (κ2) is 5.55. The third kappa shape index (κ3) is 4.63. The Morgan fingerprint density at radius 2 is 1.70 bits per heavy atom. The second-order valence-corrected chi connectivity index (χ2v) is 2.88. The number of allylic oxidation sites excluding steroid dienone is 4. The molecule has 0 bridgehead atoms. The number of hydrogen-bond donors (Lipinski definition) is 0. The predicted octanol–water partition coefficient (Wildman–Crippen LogP) is 3.88. The topological polar surface area (TPSA) is 0 Å². The van der Waals surface area contributed by atoms with Crippen LogP contribution < -0.4 is 0 Å². The van der Waals surface area contributed by atoms with Crippen molar-refractivity contribution in [3.8, 4) is 0 Å². The molecule has 0 amide bonds. The van der Waals surface area contributed by atoms with Crippen molar-refractivity contribution in [1.82, 2.24) is 0 Å². The number of hydrogen-bond acceptors (Lipinski definition) is 0. The van der Waals surface area contributed by atoms with Gasteiger partial charge >= 0.3 is 0 Å². The summed E-state index contributed by atoms with van der Waals surface area (Å²) in [5, 5.41) is 0.847. The zero-order valence-corrected chi connectivity index (χ0v) is 7.70. The average Bonchev–Trinajstić information content (AvgIpc) is 1.90. The molecule has 0 saturated heterocycles. The van der Waals surface area contributed by atoms with Crippen molar-refractivity contribution in [1.29, 1.82) is 0 Å². The summed E-state index contributed by atoms with van der Waals surface area (Å²) in [4.78, 5) is 0. The Morgan fingerprint density at radius 1 is 1.20 bits per heavy atom. The van der Waals surface area contributed by atoms with Crippen molar-refractivity contribution in [3.63, 3.8) is 0 Å². The van der Waals surface area contributed by atoms with Crippen LogP contribution in [0.15, 0.2) is 22.8 Å². The molecule has 0 N–H and O–H groups in total. The lowest BCUT2D eigenvalue weighted by atomic mass is 10.1. The monoisotopic (exact) mass is 158 g/mol. The molecule has 0 nitrogen and oxygen atoms in total. The minimum Gasteiger partial charge on any atom is -0.0895 e. The van der Waals surface area contributed by atoms with Crippen LogP contribution >= 0.6 is 11.6 Å². The maximum Gasteiger partial charge on any atom is 0.0149 e. The number of halogens is 1. The van der Waals surface area contributed by atoms with Gasteiger partial charge in [0, 0.05) is 5.03 Å². The van der Waals surface area contributed by atoms with E-state index in [2.05, 4.69) is 19.9 Å². The van der Waals surface area contributed by atoms with Crippen LogP contribution in [0.4, 0.5) is 0 Å². The van der Waals surface area contributed by atoms with Crippen LogP contribution in [0.25, 0.3) is 0 Å². The van der Waals surface area contributed by atoms with E-state index in [4.69, 9.17) is 11.6 Å². The molecule has 0 atom stereocenters. The predicted molar refractivity (Wildman–Crippen MR) is 48.3 cm³/mol. The lowest BCUT2D eigenvalue weighted by molar-refractivity contribution is 0.978. The molecule has 0 spiro atoms. The first-order valence-electron chi connectivity index (χ1n) is 3.72. The Bertz CT molecular complexity index is 133. The Labute approximate surface area is 68.6 Å². The normalized spacial score (nSPS) is 11.4. The van der Waals surface area contributed by atoms with Crippen LogP contribution in [0, 0.1) is 0 Å². The Hall–Kier alpha value is -0.230. The standard InChI is InChI=1S/C9H15Cl/c1-4-9(5-2)7-6-8(3)10/h6-7H,4-5H2,1-3H3. The van der Waals surface area contributed by atoms with Crippen molar-refractivity contribution in [2.75, 3.05) is 0 Å². The number of rotatable bonds is 3. The highest BCUT2D eigenvalue weighted by molar-refractivity contribution is 6.29. The van der Waals surface area contributed by atoms with Gasteiger partial charge in [-0.15, -0.1) is 0 Å². The molecule has 0 aromatic carbocycles. The molecule has 0 heterocycles. The molecule has 0 aromatic heterocycles. The lowest BCUT2D eigenvalue weighted by Crippen LogP contribution is -1.74. The molecule has 58 valence electrons. The summed E-state index contributed by atoms with van der Waals surface area (Å²) in [5.74, 6) is 0. The minimum atomic E-state index is 0.847. The fourth-order valence-corrected chi connectivity index (χ4v) is 0.781. The van der Waals surface area contributed by atoms with E-state index in [1.807, 2.05) is 13.0 Å². The van der Waals surface area contributed by atoms with E-state index < -0.39 is 0 Å². The summed E-state index contributed by atoms with van der Waals surface area (Å²) in [6.07, 6.45) is 6.29. The van der Waals surface area contributed by atoms with Gasteiger partial charge in [-0.05, 0) is 25.8 Å². The van der Waals surface area contributed by atoms with Gasteiger partial charge in [0.15, 0.2) is 0 Å². The Kier molecular flexibility index (Phi) is 5.42. The van der Waals surface area contributed by atoms with Crippen molar-refractivity contribution in [2.24, 2.45) is 0 Å². The third-order valence-corrected chi connectivity index (χ3v) is 1.58. The molecule has 0 unspecified atom stereocenters. The van der Waals surface area contributed by atoms with Gasteiger partial charge in [0.2, 0.25) is 0 Å². The van der Waals surface area contributed by atoms with Gasteiger partial charge in [-0.3, -0.25) is 0 Å². The van der Waals surface area contributed by atoms with Crippen molar-refractivity contribution in [2.45, 2.75) is 33.6 Å². The smallest absolute Gasteiger partial charge is 0.0149 e. The summed E-state index contributed by atoms with van der Waals surface area (Å²) >= 11 is 5.65. The minimum absolute atomic E-state index is 0.847. The molecule has 0 rings (SSSR count). The van der Waals surface area contributed by atoms with Crippen molar-refractivity contribution < 1.29 is 0 Å². The average molecular weight is 159 g/mol. The third-order valence-electron chi connectivity index (χ3n) is 1.46. The summed E-state index contributed by atoms with van der Waals surface area (Å²) < 4.78 is 0. The van der Waals surface area contributed by atoms with Crippen LogP contribution in [0.3, 0.4) is 0 Å². The highest BCUT2D eigenvalue weighted by atomic mass is 35.5. The first-order chi connectivity index (χ1) is 4.70. The largest absolute Gasteiger partial charge is 0.0895 e. The second-order valence-electron chi connectivity index (χ2n) is 2.29. The lowest BCUT2D eigenvalue weighted by Gasteiger charge is -1.95. The summed E-state index contributed by atoms with van der Waals surface area (Å²) in [7, 11) is 0. The van der Waals surface area contributed by atoms with Gasteiger partial charge in [-0.25, -0.2) is 0 Å². The van der Waals surface area contributed by atoms with E-state index in [-0.39, 0.29) is 0 Å². The molecular weight excluding hydrogens is 144 g/mol.